The number of carbonyl (C=O) groups is 1. The first-order valence-electron chi connectivity index (χ1n) is 5.38. The minimum atomic E-state index is -0.563. The van der Waals surface area contributed by atoms with E-state index in [0.29, 0.717) is 18.8 Å². The van der Waals surface area contributed by atoms with Crippen molar-refractivity contribution in [2.75, 3.05) is 20.2 Å². The number of hydrogen-bond donors (Lipinski definition) is 0. The van der Waals surface area contributed by atoms with Crippen LogP contribution in [0.25, 0.3) is 0 Å². The molecule has 0 aliphatic carbocycles. The van der Waals surface area contributed by atoms with Crippen LogP contribution in [0.3, 0.4) is 0 Å². The van der Waals surface area contributed by atoms with Crippen LogP contribution in [-0.2, 0) is 0 Å². The molecular weight excluding hydrogens is 245 g/mol. The predicted molar refractivity (Wildman–Crippen MR) is 63.1 cm³/mol. The molecule has 0 spiro atoms. The fourth-order valence-corrected chi connectivity index (χ4v) is 2.13. The van der Waals surface area contributed by atoms with Crippen LogP contribution in [0.4, 0.5) is 4.39 Å². The van der Waals surface area contributed by atoms with Gasteiger partial charge in [-0.15, -0.1) is 11.6 Å². The van der Waals surface area contributed by atoms with Gasteiger partial charge < -0.3 is 9.64 Å². The highest BCUT2D eigenvalue weighted by Crippen LogP contribution is 2.21. The van der Waals surface area contributed by atoms with Crippen molar-refractivity contribution in [1.29, 1.82) is 0 Å². The molecule has 5 heteroatoms. The van der Waals surface area contributed by atoms with Crippen molar-refractivity contribution >= 4 is 17.5 Å². The molecule has 0 aromatic heterocycles. The topological polar surface area (TPSA) is 29.5 Å². The lowest BCUT2D eigenvalue weighted by molar-refractivity contribution is 0.0788. The number of rotatable bonds is 2. The van der Waals surface area contributed by atoms with Gasteiger partial charge in [0.1, 0.15) is 11.6 Å². The Hall–Kier alpha value is -1.29. The van der Waals surface area contributed by atoms with Gasteiger partial charge in [-0.1, -0.05) is 0 Å². The number of carbonyl (C=O) groups excluding carboxylic acids is 1. The molecule has 0 radical (unpaired) electrons. The van der Waals surface area contributed by atoms with Crippen LogP contribution in [-0.4, -0.2) is 36.4 Å². The van der Waals surface area contributed by atoms with E-state index in [1.165, 1.54) is 19.2 Å². The second-order valence-electron chi connectivity index (χ2n) is 3.98. The summed E-state index contributed by atoms with van der Waals surface area (Å²) in [6, 6.07) is 4.23. The molecule has 17 heavy (non-hydrogen) atoms. The Balaban J connectivity index is 2.19. The van der Waals surface area contributed by atoms with Crippen LogP contribution in [0.2, 0.25) is 0 Å². The van der Waals surface area contributed by atoms with Gasteiger partial charge in [0.15, 0.2) is 0 Å². The number of amides is 1. The van der Waals surface area contributed by atoms with E-state index in [1.807, 2.05) is 0 Å². The number of methoxy groups -OCH3 is 1. The van der Waals surface area contributed by atoms with Gasteiger partial charge in [0.2, 0.25) is 0 Å². The normalized spacial score (nSPS) is 19.5. The van der Waals surface area contributed by atoms with Gasteiger partial charge in [-0.3, -0.25) is 4.79 Å². The highest BCUT2D eigenvalue weighted by molar-refractivity contribution is 6.21. The van der Waals surface area contributed by atoms with Crippen LogP contribution >= 0.6 is 11.6 Å². The lowest BCUT2D eigenvalue weighted by Gasteiger charge is -2.16. The van der Waals surface area contributed by atoms with E-state index in [-0.39, 0.29) is 16.8 Å². The monoisotopic (exact) mass is 257 g/mol. The number of halogens is 2. The number of benzene rings is 1. The lowest BCUT2D eigenvalue weighted by Crippen LogP contribution is -2.29. The molecule has 2 rings (SSSR count). The van der Waals surface area contributed by atoms with E-state index in [0.717, 1.165) is 6.42 Å². The van der Waals surface area contributed by atoms with Gasteiger partial charge in [0.05, 0.1) is 18.1 Å². The van der Waals surface area contributed by atoms with Gasteiger partial charge in [-0.25, -0.2) is 4.39 Å². The summed E-state index contributed by atoms with van der Waals surface area (Å²) >= 11 is 5.92. The summed E-state index contributed by atoms with van der Waals surface area (Å²) in [5, 5.41) is -0.0275. The first-order chi connectivity index (χ1) is 8.11. The summed E-state index contributed by atoms with van der Waals surface area (Å²) in [6.45, 7) is 1.06. The average molecular weight is 258 g/mol. The summed E-state index contributed by atoms with van der Waals surface area (Å²) in [7, 11) is 1.45. The fourth-order valence-electron chi connectivity index (χ4n) is 1.87. The zero-order valence-electron chi connectivity index (χ0n) is 9.45. The Morgan fingerprint density at radius 3 is 2.88 bits per heavy atom. The Kier molecular flexibility index (Phi) is 3.52. The third-order valence-electron chi connectivity index (χ3n) is 2.82. The Morgan fingerprint density at radius 1 is 1.59 bits per heavy atom. The van der Waals surface area contributed by atoms with Crippen LogP contribution in [0.1, 0.15) is 16.8 Å². The van der Waals surface area contributed by atoms with Crippen LogP contribution in [0.15, 0.2) is 18.2 Å². The molecule has 1 saturated heterocycles. The Morgan fingerprint density at radius 2 is 2.35 bits per heavy atom. The smallest absolute Gasteiger partial charge is 0.256 e. The number of likely N-dealkylation sites (tertiary alicyclic amines) is 1. The number of hydrogen-bond acceptors (Lipinski definition) is 2. The molecule has 1 aliphatic heterocycles. The maximum atomic E-state index is 13.7. The molecule has 1 aromatic carbocycles. The van der Waals surface area contributed by atoms with Crippen molar-refractivity contribution in [2.24, 2.45) is 0 Å². The van der Waals surface area contributed by atoms with Crippen molar-refractivity contribution in [3.8, 4) is 5.75 Å². The van der Waals surface area contributed by atoms with Gasteiger partial charge in [-0.2, -0.15) is 0 Å². The fraction of sp³-hybridized carbons (Fsp3) is 0.417. The summed E-state index contributed by atoms with van der Waals surface area (Å²) in [6.07, 6.45) is 0.755. The maximum Gasteiger partial charge on any atom is 0.256 e. The minimum absolute atomic E-state index is 0.0275. The van der Waals surface area contributed by atoms with Gasteiger partial charge >= 0.3 is 0 Å². The number of ether oxygens (including phenoxy) is 1. The van der Waals surface area contributed by atoms with Crippen molar-refractivity contribution in [2.45, 2.75) is 11.8 Å². The summed E-state index contributed by atoms with van der Waals surface area (Å²) in [5.41, 5.74) is 0.0663. The Bertz CT molecular complexity index is 439. The van der Waals surface area contributed by atoms with E-state index in [1.54, 1.807) is 11.0 Å². The van der Waals surface area contributed by atoms with Crippen LogP contribution < -0.4 is 4.74 Å². The van der Waals surface area contributed by atoms with E-state index in [2.05, 4.69) is 0 Å². The van der Waals surface area contributed by atoms with Gasteiger partial charge in [-0.05, 0) is 18.6 Å². The average Bonchev–Trinajstić information content (AvgIpc) is 2.75. The maximum absolute atomic E-state index is 13.7. The molecular formula is C12H13ClFNO2. The highest BCUT2D eigenvalue weighted by Gasteiger charge is 2.27. The first kappa shape index (κ1) is 12.2. The van der Waals surface area contributed by atoms with E-state index >= 15 is 0 Å². The lowest BCUT2D eigenvalue weighted by atomic mass is 10.2. The highest BCUT2D eigenvalue weighted by atomic mass is 35.5. The molecule has 1 heterocycles. The van der Waals surface area contributed by atoms with Crippen LogP contribution in [0, 0.1) is 5.82 Å². The second kappa shape index (κ2) is 4.92. The molecule has 1 aromatic rings. The SMILES string of the molecule is COc1ccc(C(=O)N2CCC(Cl)C2)c(F)c1. The van der Waals surface area contributed by atoms with Crippen molar-refractivity contribution < 1.29 is 13.9 Å². The molecule has 0 saturated carbocycles. The zero-order valence-corrected chi connectivity index (χ0v) is 10.2. The van der Waals surface area contributed by atoms with Crippen molar-refractivity contribution in [1.82, 2.24) is 4.90 Å². The van der Waals surface area contributed by atoms with E-state index in [4.69, 9.17) is 16.3 Å². The van der Waals surface area contributed by atoms with Crippen LogP contribution in [0.5, 0.6) is 5.75 Å². The second-order valence-corrected chi connectivity index (χ2v) is 4.60. The molecule has 92 valence electrons. The largest absolute Gasteiger partial charge is 0.497 e. The molecule has 1 amide bonds. The van der Waals surface area contributed by atoms with E-state index < -0.39 is 5.82 Å². The summed E-state index contributed by atoms with van der Waals surface area (Å²) in [4.78, 5) is 13.6. The van der Waals surface area contributed by atoms with Crippen molar-refractivity contribution in [3.05, 3.63) is 29.6 Å². The third kappa shape index (κ3) is 2.52. The quantitative estimate of drug-likeness (QED) is 0.761. The first-order valence-corrected chi connectivity index (χ1v) is 5.82. The predicted octanol–water partition coefficient (Wildman–Crippen LogP) is 2.29. The molecule has 1 atom stereocenters. The van der Waals surface area contributed by atoms with Crippen molar-refractivity contribution in [3.63, 3.8) is 0 Å². The summed E-state index contributed by atoms with van der Waals surface area (Å²) < 4.78 is 18.6. The zero-order chi connectivity index (χ0) is 12.4. The molecule has 1 unspecified atom stereocenters. The number of alkyl halides is 1. The Labute approximate surface area is 104 Å². The standard InChI is InChI=1S/C12H13ClFNO2/c1-17-9-2-3-10(11(14)6-9)12(16)15-5-4-8(13)7-15/h2-3,6,8H,4-5,7H2,1H3. The van der Waals surface area contributed by atoms with E-state index in [9.17, 15) is 9.18 Å². The molecule has 0 N–H and O–H groups in total. The minimum Gasteiger partial charge on any atom is -0.497 e. The molecule has 1 fully saturated rings. The molecule has 0 bridgehead atoms. The molecule has 3 nitrogen and oxygen atoms in total. The molecule has 1 aliphatic rings. The van der Waals surface area contributed by atoms with Gasteiger partial charge in [0, 0.05) is 19.2 Å². The van der Waals surface area contributed by atoms with Gasteiger partial charge in [0.25, 0.3) is 5.91 Å². The number of nitrogens with zero attached hydrogens (tertiary/aromatic N) is 1. The summed E-state index contributed by atoms with van der Waals surface area (Å²) in [5.74, 6) is -0.476. The third-order valence-corrected chi connectivity index (χ3v) is 3.18.